The summed E-state index contributed by atoms with van der Waals surface area (Å²) in [6.07, 6.45) is 0.129. The van der Waals surface area contributed by atoms with Gasteiger partial charge in [0, 0.05) is 16.0 Å². The van der Waals surface area contributed by atoms with Crippen LogP contribution >= 0.6 is 46.6 Å². The molecule has 10 heteroatoms. The molecule has 2 fully saturated rings. The lowest BCUT2D eigenvalue weighted by Crippen LogP contribution is -2.37. The second kappa shape index (κ2) is 8.12. The lowest BCUT2D eigenvalue weighted by Gasteiger charge is -2.24. The number of carbonyl (C=O) groups excluding carboxylic acids is 1. The van der Waals surface area contributed by atoms with Gasteiger partial charge >= 0.3 is 0 Å². The number of halogens is 3. The van der Waals surface area contributed by atoms with Gasteiger partial charge in [0.05, 0.1) is 34.0 Å². The van der Waals surface area contributed by atoms with Crippen LogP contribution in [0.2, 0.25) is 15.1 Å². The molecule has 29 heavy (non-hydrogen) atoms. The van der Waals surface area contributed by atoms with Crippen LogP contribution < -0.4 is 4.90 Å². The number of benzene rings is 2. The van der Waals surface area contributed by atoms with Crippen molar-refractivity contribution in [2.24, 2.45) is 4.99 Å². The van der Waals surface area contributed by atoms with Crippen LogP contribution in [0.5, 0.6) is 0 Å². The maximum atomic E-state index is 12.6. The number of fused-ring (bicyclic) bond motifs is 1. The van der Waals surface area contributed by atoms with Gasteiger partial charge in [-0.15, -0.1) is 0 Å². The van der Waals surface area contributed by atoms with Crippen LogP contribution in [0.1, 0.15) is 5.56 Å². The van der Waals surface area contributed by atoms with Crippen molar-refractivity contribution in [3.63, 3.8) is 0 Å². The molecule has 2 saturated heterocycles. The molecule has 2 aliphatic heterocycles. The van der Waals surface area contributed by atoms with Gasteiger partial charge in [0.1, 0.15) is 0 Å². The number of amidine groups is 1. The fourth-order valence-corrected chi connectivity index (χ4v) is 7.77. The Morgan fingerprint density at radius 2 is 1.79 bits per heavy atom. The van der Waals surface area contributed by atoms with Crippen molar-refractivity contribution in [3.05, 3.63) is 63.1 Å². The molecule has 0 spiro atoms. The highest BCUT2D eigenvalue weighted by Gasteiger charge is 2.49. The molecule has 0 N–H and O–H groups in total. The SMILES string of the molecule is O=C(Cc1ccc(Cl)cc1)N=C1S[C@H]2CS(=O)(=O)C[C@H]2N1c1ccc(Cl)c(Cl)c1. The summed E-state index contributed by atoms with van der Waals surface area (Å²) in [5.74, 6) is -0.248. The highest BCUT2D eigenvalue weighted by Crippen LogP contribution is 2.42. The van der Waals surface area contributed by atoms with Crippen molar-refractivity contribution in [2.75, 3.05) is 16.4 Å². The third-order valence-electron chi connectivity index (χ3n) is 4.74. The molecule has 0 aromatic heterocycles. The molecular formula is C19H15Cl3N2O3S2. The molecule has 2 aliphatic rings. The molecule has 0 aliphatic carbocycles. The number of hydrogen-bond acceptors (Lipinski definition) is 4. The Morgan fingerprint density at radius 3 is 2.48 bits per heavy atom. The average Bonchev–Trinajstić information content (AvgIpc) is 3.10. The number of nitrogens with zero attached hydrogens (tertiary/aromatic N) is 2. The second-order valence-corrected chi connectivity index (χ2v) is 11.5. The third-order valence-corrected chi connectivity index (χ3v) is 8.94. The van der Waals surface area contributed by atoms with Crippen LogP contribution in [0.3, 0.4) is 0 Å². The van der Waals surface area contributed by atoms with Gasteiger partial charge in [-0.05, 0) is 35.9 Å². The Balaban J connectivity index is 1.65. The zero-order valence-corrected chi connectivity index (χ0v) is 18.8. The van der Waals surface area contributed by atoms with E-state index in [4.69, 9.17) is 34.8 Å². The van der Waals surface area contributed by atoms with E-state index in [1.807, 2.05) is 0 Å². The van der Waals surface area contributed by atoms with Gasteiger partial charge in [-0.3, -0.25) is 4.79 Å². The Bertz CT molecular complexity index is 1100. The van der Waals surface area contributed by atoms with Crippen LogP contribution in [0.15, 0.2) is 47.5 Å². The van der Waals surface area contributed by atoms with Gasteiger partial charge in [-0.2, -0.15) is 4.99 Å². The fourth-order valence-electron chi connectivity index (χ4n) is 3.42. The van der Waals surface area contributed by atoms with Crippen LogP contribution in [0.4, 0.5) is 5.69 Å². The number of carbonyl (C=O) groups is 1. The molecule has 4 rings (SSSR count). The summed E-state index contributed by atoms with van der Waals surface area (Å²) in [6, 6.07) is 11.8. The first-order valence-electron chi connectivity index (χ1n) is 8.69. The predicted molar refractivity (Wildman–Crippen MR) is 120 cm³/mol. The summed E-state index contributed by atoms with van der Waals surface area (Å²) in [7, 11) is -3.14. The number of thioether (sulfide) groups is 1. The van der Waals surface area contributed by atoms with Crippen LogP contribution in [0.25, 0.3) is 0 Å². The summed E-state index contributed by atoms with van der Waals surface area (Å²) in [4.78, 5) is 18.7. The monoisotopic (exact) mass is 488 g/mol. The van der Waals surface area contributed by atoms with Crippen LogP contribution in [0, 0.1) is 0 Å². The smallest absolute Gasteiger partial charge is 0.252 e. The highest BCUT2D eigenvalue weighted by molar-refractivity contribution is 8.16. The molecule has 152 valence electrons. The maximum Gasteiger partial charge on any atom is 0.252 e. The van der Waals surface area contributed by atoms with Crippen molar-refractivity contribution < 1.29 is 13.2 Å². The normalized spacial score (nSPS) is 24.1. The van der Waals surface area contributed by atoms with Crippen LogP contribution in [-0.4, -0.2) is 42.3 Å². The lowest BCUT2D eigenvalue weighted by molar-refractivity contribution is -0.117. The van der Waals surface area contributed by atoms with Gasteiger partial charge in [-0.25, -0.2) is 8.42 Å². The van der Waals surface area contributed by atoms with Crippen molar-refractivity contribution in [1.29, 1.82) is 0 Å². The molecular weight excluding hydrogens is 475 g/mol. The summed E-state index contributed by atoms with van der Waals surface area (Å²) >= 11 is 19.4. The predicted octanol–water partition coefficient (Wildman–Crippen LogP) is 4.49. The van der Waals surface area contributed by atoms with Crippen molar-refractivity contribution in [2.45, 2.75) is 17.7 Å². The Labute approximate surface area is 188 Å². The number of amides is 1. The lowest BCUT2D eigenvalue weighted by atomic mass is 10.1. The first kappa shape index (κ1) is 21.0. The van der Waals surface area contributed by atoms with Crippen molar-refractivity contribution >= 4 is 73.2 Å². The van der Waals surface area contributed by atoms with E-state index in [1.54, 1.807) is 47.4 Å². The van der Waals surface area contributed by atoms with E-state index >= 15 is 0 Å². The van der Waals surface area contributed by atoms with E-state index in [1.165, 1.54) is 11.8 Å². The van der Waals surface area contributed by atoms with Gasteiger partial charge in [0.15, 0.2) is 15.0 Å². The second-order valence-electron chi connectivity index (χ2n) is 6.86. The van der Waals surface area contributed by atoms with E-state index in [0.29, 0.717) is 25.9 Å². The minimum Gasteiger partial charge on any atom is -0.316 e. The summed E-state index contributed by atoms with van der Waals surface area (Å²) in [6.45, 7) is 0. The largest absolute Gasteiger partial charge is 0.316 e. The highest BCUT2D eigenvalue weighted by atomic mass is 35.5. The average molecular weight is 490 g/mol. The molecule has 1 amide bonds. The number of sulfone groups is 1. The topological polar surface area (TPSA) is 66.8 Å². The molecule has 0 radical (unpaired) electrons. The van der Waals surface area contributed by atoms with E-state index in [2.05, 4.69) is 4.99 Å². The summed E-state index contributed by atoms with van der Waals surface area (Å²) in [5.41, 5.74) is 1.46. The first-order chi connectivity index (χ1) is 13.7. The van der Waals surface area contributed by atoms with E-state index < -0.39 is 9.84 Å². The summed E-state index contributed by atoms with van der Waals surface area (Å²) < 4.78 is 24.3. The molecule has 2 atom stereocenters. The Morgan fingerprint density at radius 1 is 1.07 bits per heavy atom. The molecule has 0 saturated carbocycles. The Kier molecular flexibility index (Phi) is 5.88. The first-order valence-corrected chi connectivity index (χ1v) is 12.5. The molecule has 5 nitrogen and oxygen atoms in total. The van der Waals surface area contributed by atoms with Gasteiger partial charge in [-0.1, -0.05) is 58.7 Å². The number of rotatable bonds is 3. The van der Waals surface area contributed by atoms with Gasteiger partial charge < -0.3 is 4.90 Å². The van der Waals surface area contributed by atoms with Gasteiger partial charge in [0.2, 0.25) is 0 Å². The minimum atomic E-state index is -3.14. The standard InChI is InChI=1S/C19H15Cl3N2O3S2/c20-12-3-1-11(2-4-12)7-18(25)23-19-24(13-5-6-14(21)15(22)8-13)16-9-29(26,27)10-17(16)28-19/h1-6,8,16-17H,7,9-10H2/t16-,17+/m1/s1. The number of anilines is 1. The Hall–Kier alpha value is -1.25. The molecule has 0 unspecified atom stereocenters. The molecule has 2 aromatic carbocycles. The van der Waals surface area contributed by atoms with E-state index in [0.717, 1.165) is 5.56 Å². The van der Waals surface area contributed by atoms with Crippen molar-refractivity contribution in [1.82, 2.24) is 0 Å². The minimum absolute atomic E-state index is 0.00923. The quantitative estimate of drug-likeness (QED) is 0.635. The number of aliphatic imine (C=N–C) groups is 1. The number of hydrogen-bond donors (Lipinski definition) is 0. The maximum absolute atomic E-state index is 12.6. The van der Waals surface area contributed by atoms with Crippen LogP contribution in [-0.2, 0) is 21.1 Å². The molecule has 2 aromatic rings. The van der Waals surface area contributed by atoms with Crippen molar-refractivity contribution in [3.8, 4) is 0 Å². The molecule has 2 heterocycles. The van der Waals surface area contributed by atoms with E-state index in [9.17, 15) is 13.2 Å². The van der Waals surface area contributed by atoms with E-state index in [-0.39, 0.29) is 35.1 Å². The third kappa shape index (κ3) is 4.59. The van der Waals surface area contributed by atoms with Gasteiger partial charge in [0.25, 0.3) is 5.91 Å². The fraction of sp³-hybridized carbons (Fsp3) is 0.263. The zero-order chi connectivity index (χ0) is 20.8. The molecule has 0 bridgehead atoms. The zero-order valence-electron chi connectivity index (χ0n) is 14.9. The summed E-state index contributed by atoms with van der Waals surface area (Å²) in [5, 5.41) is 1.64.